The molecule has 0 saturated heterocycles. The van der Waals surface area contributed by atoms with Crippen LogP contribution in [0.15, 0.2) is 15.7 Å². The number of nitrogens with two attached hydrogens (primary N) is 1. The van der Waals surface area contributed by atoms with Gasteiger partial charge >= 0.3 is 0 Å². The summed E-state index contributed by atoms with van der Waals surface area (Å²) >= 11 is 1.16. The molecule has 6 heteroatoms. The lowest BCUT2D eigenvalue weighted by atomic mass is 9.88. The molecule has 0 amide bonds. The van der Waals surface area contributed by atoms with Crippen LogP contribution in [-0.2, 0) is 10.0 Å². The van der Waals surface area contributed by atoms with Gasteiger partial charge in [0, 0.05) is 24.2 Å². The average molecular weight is 276 g/mol. The van der Waals surface area contributed by atoms with E-state index in [4.69, 9.17) is 5.73 Å². The van der Waals surface area contributed by atoms with Gasteiger partial charge in [0.25, 0.3) is 10.0 Å². The smallest absolute Gasteiger partial charge is 0.252 e. The summed E-state index contributed by atoms with van der Waals surface area (Å²) in [6.45, 7) is 7.97. The van der Waals surface area contributed by atoms with E-state index in [1.807, 2.05) is 27.7 Å². The third-order valence-electron chi connectivity index (χ3n) is 3.03. The monoisotopic (exact) mass is 276 g/mol. The van der Waals surface area contributed by atoms with Crippen LogP contribution in [0.4, 0.5) is 5.69 Å². The zero-order chi connectivity index (χ0) is 13.4. The molecule has 1 aromatic heterocycles. The standard InChI is InChI=1S/C11H20N2O2S2/c1-8(11(2,3)4)13(5)17(14,15)10-6-9(12)7-16-10/h6-8H,12H2,1-5H3. The first-order valence-electron chi connectivity index (χ1n) is 5.39. The number of anilines is 1. The molecule has 1 aromatic rings. The zero-order valence-corrected chi connectivity index (χ0v) is 12.5. The topological polar surface area (TPSA) is 63.4 Å². The molecule has 0 aliphatic heterocycles. The summed E-state index contributed by atoms with van der Waals surface area (Å²) in [5.41, 5.74) is 5.95. The second kappa shape index (κ2) is 4.59. The maximum atomic E-state index is 12.3. The molecule has 0 aromatic carbocycles. The van der Waals surface area contributed by atoms with Crippen molar-refractivity contribution in [2.24, 2.45) is 5.41 Å². The molecule has 1 rings (SSSR count). The van der Waals surface area contributed by atoms with Gasteiger partial charge in [0.2, 0.25) is 0 Å². The Morgan fingerprint density at radius 2 is 1.94 bits per heavy atom. The first-order chi connectivity index (χ1) is 7.56. The van der Waals surface area contributed by atoms with Gasteiger partial charge in [-0.15, -0.1) is 11.3 Å². The second-order valence-electron chi connectivity index (χ2n) is 5.26. The number of sulfonamides is 1. The van der Waals surface area contributed by atoms with Crippen LogP contribution >= 0.6 is 11.3 Å². The summed E-state index contributed by atoms with van der Waals surface area (Å²) in [6, 6.07) is 1.42. The summed E-state index contributed by atoms with van der Waals surface area (Å²) in [6.07, 6.45) is 0. The minimum atomic E-state index is -3.43. The average Bonchev–Trinajstić information content (AvgIpc) is 2.61. The van der Waals surface area contributed by atoms with Gasteiger partial charge < -0.3 is 5.73 Å². The van der Waals surface area contributed by atoms with Gasteiger partial charge in [-0.1, -0.05) is 20.8 Å². The van der Waals surface area contributed by atoms with E-state index in [9.17, 15) is 8.42 Å². The molecule has 17 heavy (non-hydrogen) atoms. The Kier molecular flexibility index (Phi) is 3.91. The van der Waals surface area contributed by atoms with Crippen molar-refractivity contribution < 1.29 is 8.42 Å². The van der Waals surface area contributed by atoms with E-state index in [1.54, 1.807) is 12.4 Å². The molecule has 0 bridgehead atoms. The molecule has 4 nitrogen and oxygen atoms in total. The van der Waals surface area contributed by atoms with E-state index >= 15 is 0 Å². The molecular formula is C11H20N2O2S2. The van der Waals surface area contributed by atoms with Crippen molar-refractivity contribution in [3.05, 3.63) is 11.4 Å². The predicted molar refractivity (Wildman–Crippen MR) is 72.6 cm³/mol. The number of rotatable bonds is 3. The number of hydrogen-bond donors (Lipinski definition) is 1. The van der Waals surface area contributed by atoms with Crippen LogP contribution in [0.1, 0.15) is 27.7 Å². The van der Waals surface area contributed by atoms with E-state index in [-0.39, 0.29) is 11.5 Å². The van der Waals surface area contributed by atoms with E-state index in [2.05, 4.69) is 0 Å². The molecule has 0 saturated carbocycles. The highest BCUT2D eigenvalue weighted by Gasteiger charge is 2.33. The summed E-state index contributed by atoms with van der Waals surface area (Å²) < 4.78 is 26.3. The van der Waals surface area contributed by atoms with Crippen molar-refractivity contribution >= 4 is 27.0 Å². The summed E-state index contributed by atoms with van der Waals surface area (Å²) in [7, 11) is -1.82. The fourth-order valence-corrected chi connectivity index (χ4v) is 4.17. The van der Waals surface area contributed by atoms with Gasteiger partial charge in [-0.2, -0.15) is 4.31 Å². The van der Waals surface area contributed by atoms with Crippen LogP contribution in [0.5, 0.6) is 0 Å². The molecule has 0 spiro atoms. The van der Waals surface area contributed by atoms with E-state index in [0.29, 0.717) is 9.90 Å². The van der Waals surface area contributed by atoms with Gasteiger partial charge in [0.1, 0.15) is 4.21 Å². The Morgan fingerprint density at radius 1 is 1.41 bits per heavy atom. The van der Waals surface area contributed by atoms with Crippen molar-refractivity contribution in [2.45, 2.75) is 37.9 Å². The third-order valence-corrected chi connectivity index (χ3v) is 6.39. The first-order valence-corrected chi connectivity index (χ1v) is 7.71. The van der Waals surface area contributed by atoms with E-state index < -0.39 is 10.0 Å². The maximum absolute atomic E-state index is 12.3. The minimum Gasteiger partial charge on any atom is -0.398 e. The Labute approximate surface area is 107 Å². The first kappa shape index (κ1) is 14.5. The molecule has 98 valence electrons. The molecule has 0 radical (unpaired) electrons. The highest BCUT2D eigenvalue weighted by atomic mass is 32.2. The van der Waals surface area contributed by atoms with Crippen molar-refractivity contribution in [3.8, 4) is 0 Å². The normalized spacial score (nSPS) is 15.2. The number of hydrogen-bond acceptors (Lipinski definition) is 4. The molecule has 1 unspecified atom stereocenters. The van der Waals surface area contributed by atoms with Crippen molar-refractivity contribution in [1.29, 1.82) is 0 Å². The third kappa shape index (κ3) is 3.00. The Morgan fingerprint density at radius 3 is 2.29 bits per heavy atom. The second-order valence-corrected chi connectivity index (χ2v) is 8.40. The van der Waals surface area contributed by atoms with Crippen LogP contribution in [-0.4, -0.2) is 25.8 Å². The molecule has 0 aliphatic carbocycles. The highest BCUT2D eigenvalue weighted by Crippen LogP contribution is 2.30. The number of thiophene rings is 1. The van der Waals surface area contributed by atoms with Crippen LogP contribution in [0.3, 0.4) is 0 Å². The van der Waals surface area contributed by atoms with Gasteiger partial charge in [0.05, 0.1) is 0 Å². The largest absolute Gasteiger partial charge is 0.398 e. The van der Waals surface area contributed by atoms with Crippen molar-refractivity contribution in [2.75, 3.05) is 12.8 Å². The summed E-state index contributed by atoms with van der Waals surface area (Å²) in [5.74, 6) is 0. The highest BCUT2D eigenvalue weighted by molar-refractivity contribution is 7.91. The Balaban J connectivity index is 3.08. The van der Waals surface area contributed by atoms with Crippen LogP contribution in [0, 0.1) is 5.41 Å². The predicted octanol–water partition coefficient (Wildman–Crippen LogP) is 2.39. The van der Waals surface area contributed by atoms with E-state index in [0.717, 1.165) is 11.3 Å². The zero-order valence-electron chi connectivity index (χ0n) is 10.9. The molecule has 0 aliphatic rings. The molecular weight excluding hydrogens is 256 g/mol. The fourth-order valence-electron chi connectivity index (χ4n) is 1.36. The van der Waals surface area contributed by atoms with Crippen LogP contribution in [0.2, 0.25) is 0 Å². The molecule has 0 fully saturated rings. The molecule has 1 atom stereocenters. The van der Waals surface area contributed by atoms with Gasteiger partial charge in [-0.3, -0.25) is 0 Å². The van der Waals surface area contributed by atoms with E-state index in [1.165, 1.54) is 10.4 Å². The fraction of sp³-hybridized carbons (Fsp3) is 0.636. The molecule has 1 heterocycles. The quantitative estimate of drug-likeness (QED) is 0.922. The van der Waals surface area contributed by atoms with Gasteiger partial charge in [-0.25, -0.2) is 8.42 Å². The lowest BCUT2D eigenvalue weighted by Crippen LogP contribution is -2.42. The summed E-state index contributed by atoms with van der Waals surface area (Å²) in [4.78, 5) is 0. The summed E-state index contributed by atoms with van der Waals surface area (Å²) in [5, 5.41) is 1.64. The van der Waals surface area contributed by atoms with Crippen molar-refractivity contribution in [1.82, 2.24) is 4.31 Å². The lowest BCUT2D eigenvalue weighted by Gasteiger charge is -2.34. The van der Waals surface area contributed by atoms with Crippen molar-refractivity contribution in [3.63, 3.8) is 0 Å². The van der Waals surface area contributed by atoms with Gasteiger partial charge in [0.15, 0.2) is 0 Å². The Bertz CT molecular complexity index is 486. The minimum absolute atomic E-state index is 0.0872. The number of nitrogen functional groups attached to an aromatic ring is 1. The SMILES string of the molecule is CC(N(C)S(=O)(=O)c1cc(N)cs1)C(C)(C)C. The van der Waals surface area contributed by atoms with Gasteiger partial charge in [-0.05, 0) is 18.4 Å². The lowest BCUT2D eigenvalue weighted by molar-refractivity contribution is 0.217. The van der Waals surface area contributed by atoms with Crippen LogP contribution < -0.4 is 5.73 Å². The van der Waals surface area contributed by atoms with Crippen LogP contribution in [0.25, 0.3) is 0 Å². The molecule has 2 N–H and O–H groups in total. The number of nitrogens with zero attached hydrogens (tertiary/aromatic N) is 1. The maximum Gasteiger partial charge on any atom is 0.252 e. The Hall–Kier alpha value is -0.590.